The number of nitrogens with zero attached hydrogens (tertiary/aromatic N) is 2. The van der Waals surface area contributed by atoms with Crippen LogP contribution in [-0.4, -0.2) is 15.6 Å². The Bertz CT molecular complexity index is 563. The minimum Gasteiger partial charge on any atom is -0.398 e. The van der Waals surface area contributed by atoms with Crippen LogP contribution >= 0.6 is 11.8 Å². The van der Waals surface area contributed by atoms with Crippen LogP contribution in [0.4, 0.5) is 5.69 Å². The zero-order valence-electron chi connectivity index (χ0n) is 9.68. The number of ketones is 1. The van der Waals surface area contributed by atoms with Gasteiger partial charge in [-0.1, -0.05) is 11.8 Å². The molecule has 0 amide bonds. The van der Waals surface area contributed by atoms with Crippen LogP contribution in [0.25, 0.3) is 0 Å². The van der Waals surface area contributed by atoms with Crippen LogP contribution in [-0.2, 0) is 7.05 Å². The predicted molar refractivity (Wildman–Crippen MR) is 68.2 cm³/mol. The fraction of sp³-hybridized carbons (Fsp3) is 0.167. The van der Waals surface area contributed by atoms with E-state index in [1.54, 1.807) is 28.7 Å². The Morgan fingerprint density at radius 1 is 1.41 bits per heavy atom. The molecule has 2 rings (SSSR count). The van der Waals surface area contributed by atoms with Crippen LogP contribution in [0.15, 0.2) is 40.4 Å². The lowest BCUT2D eigenvalue weighted by Crippen LogP contribution is -1.99. The maximum absolute atomic E-state index is 11.2. The molecule has 1 aromatic heterocycles. The van der Waals surface area contributed by atoms with Gasteiger partial charge in [0.1, 0.15) is 0 Å². The van der Waals surface area contributed by atoms with Crippen molar-refractivity contribution in [1.29, 1.82) is 0 Å². The molecule has 88 valence electrons. The van der Waals surface area contributed by atoms with Gasteiger partial charge in [0, 0.05) is 29.4 Å². The van der Waals surface area contributed by atoms with E-state index < -0.39 is 0 Å². The first-order valence-electron chi connectivity index (χ1n) is 5.13. The van der Waals surface area contributed by atoms with E-state index in [1.165, 1.54) is 6.92 Å². The van der Waals surface area contributed by atoms with Gasteiger partial charge in [-0.25, -0.2) is 0 Å². The van der Waals surface area contributed by atoms with Crippen LogP contribution in [0.2, 0.25) is 0 Å². The normalized spacial score (nSPS) is 10.5. The smallest absolute Gasteiger partial charge is 0.161 e. The quantitative estimate of drug-likeness (QED) is 0.668. The van der Waals surface area contributed by atoms with Gasteiger partial charge in [-0.2, -0.15) is 5.10 Å². The Hall–Kier alpha value is -1.75. The lowest BCUT2D eigenvalue weighted by atomic mass is 10.1. The molecule has 2 aromatic rings. The van der Waals surface area contributed by atoms with E-state index in [1.807, 2.05) is 25.4 Å². The number of rotatable bonds is 3. The van der Waals surface area contributed by atoms with E-state index in [-0.39, 0.29) is 5.78 Å². The minimum absolute atomic E-state index is 0.0135. The minimum atomic E-state index is -0.0135. The van der Waals surface area contributed by atoms with Gasteiger partial charge < -0.3 is 5.73 Å². The maximum atomic E-state index is 11.2. The summed E-state index contributed by atoms with van der Waals surface area (Å²) >= 11 is 1.57. The maximum Gasteiger partial charge on any atom is 0.161 e. The summed E-state index contributed by atoms with van der Waals surface area (Å²) in [5.74, 6) is -0.0135. The number of carbonyl (C=O) groups excluding carboxylic acids is 1. The van der Waals surface area contributed by atoms with Crippen molar-refractivity contribution in [2.75, 3.05) is 5.73 Å². The molecule has 0 saturated carbocycles. The number of aromatic nitrogens is 2. The fourth-order valence-corrected chi connectivity index (χ4v) is 2.41. The lowest BCUT2D eigenvalue weighted by Gasteiger charge is -2.04. The molecule has 0 aliphatic carbocycles. The molecule has 0 fully saturated rings. The van der Waals surface area contributed by atoms with Crippen molar-refractivity contribution in [3.05, 3.63) is 36.2 Å². The first-order chi connectivity index (χ1) is 8.06. The van der Waals surface area contributed by atoms with E-state index in [4.69, 9.17) is 5.73 Å². The number of nitrogen functional groups attached to an aromatic ring is 1. The van der Waals surface area contributed by atoms with Crippen LogP contribution < -0.4 is 5.73 Å². The Kier molecular flexibility index (Phi) is 3.19. The molecular formula is C12H13N3OS. The summed E-state index contributed by atoms with van der Waals surface area (Å²) in [6.45, 7) is 1.51. The molecule has 17 heavy (non-hydrogen) atoms. The number of hydrogen-bond acceptors (Lipinski definition) is 4. The van der Waals surface area contributed by atoms with E-state index in [9.17, 15) is 4.79 Å². The second-order valence-electron chi connectivity index (χ2n) is 3.76. The fourth-order valence-electron chi connectivity index (χ4n) is 1.51. The summed E-state index contributed by atoms with van der Waals surface area (Å²) < 4.78 is 1.75. The summed E-state index contributed by atoms with van der Waals surface area (Å²) in [6.07, 6.45) is 3.72. The molecule has 2 N–H and O–H groups in total. The molecule has 0 saturated heterocycles. The molecule has 0 radical (unpaired) electrons. The molecule has 0 spiro atoms. The van der Waals surface area contributed by atoms with E-state index in [2.05, 4.69) is 5.10 Å². The number of nitrogens with two attached hydrogens (primary N) is 1. The third-order valence-electron chi connectivity index (χ3n) is 2.32. The molecule has 0 aliphatic rings. The number of anilines is 1. The van der Waals surface area contributed by atoms with Crippen LogP contribution in [0.5, 0.6) is 0 Å². The van der Waals surface area contributed by atoms with Gasteiger partial charge >= 0.3 is 0 Å². The monoisotopic (exact) mass is 247 g/mol. The second kappa shape index (κ2) is 4.63. The van der Waals surface area contributed by atoms with E-state index in [0.29, 0.717) is 11.3 Å². The first kappa shape index (κ1) is 11.7. The second-order valence-corrected chi connectivity index (χ2v) is 4.90. The van der Waals surface area contributed by atoms with Crippen LogP contribution in [0, 0.1) is 0 Å². The number of hydrogen-bond donors (Lipinski definition) is 1. The van der Waals surface area contributed by atoms with Crippen LogP contribution in [0.1, 0.15) is 17.3 Å². The Morgan fingerprint density at radius 3 is 2.71 bits per heavy atom. The third-order valence-corrected chi connectivity index (χ3v) is 3.26. The molecule has 4 nitrogen and oxygen atoms in total. The van der Waals surface area contributed by atoms with Crippen LogP contribution in [0.3, 0.4) is 0 Å². The van der Waals surface area contributed by atoms with Crippen molar-refractivity contribution < 1.29 is 4.79 Å². The van der Waals surface area contributed by atoms with Crippen molar-refractivity contribution >= 4 is 23.2 Å². The number of benzene rings is 1. The largest absolute Gasteiger partial charge is 0.398 e. The molecule has 1 heterocycles. The number of aryl methyl sites for hydroxylation is 1. The molecule has 5 heteroatoms. The highest BCUT2D eigenvalue weighted by atomic mass is 32.2. The highest BCUT2D eigenvalue weighted by Gasteiger charge is 2.06. The Labute approximate surface area is 104 Å². The Morgan fingerprint density at radius 2 is 2.18 bits per heavy atom. The highest BCUT2D eigenvalue weighted by molar-refractivity contribution is 7.99. The highest BCUT2D eigenvalue weighted by Crippen LogP contribution is 2.29. The molecule has 0 atom stereocenters. The van der Waals surface area contributed by atoms with Crippen molar-refractivity contribution in [3.8, 4) is 0 Å². The van der Waals surface area contributed by atoms with Gasteiger partial charge in [-0.05, 0) is 25.1 Å². The zero-order chi connectivity index (χ0) is 12.4. The lowest BCUT2D eigenvalue weighted by molar-refractivity contribution is 0.101. The van der Waals surface area contributed by atoms with Gasteiger partial charge in [0.25, 0.3) is 0 Å². The number of carbonyl (C=O) groups is 1. The Balaban J connectivity index is 2.23. The summed E-state index contributed by atoms with van der Waals surface area (Å²) in [4.78, 5) is 13.3. The molecule has 0 unspecified atom stereocenters. The zero-order valence-corrected chi connectivity index (χ0v) is 10.5. The van der Waals surface area contributed by atoms with Gasteiger partial charge in [0.15, 0.2) is 5.78 Å². The summed E-state index contributed by atoms with van der Waals surface area (Å²) in [6, 6.07) is 5.47. The molecule has 0 aliphatic heterocycles. The first-order valence-corrected chi connectivity index (χ1v) is 5.95. The summed E-state index contributed by atoms with van der Waals surface area (Å²) in [5, 5.41) is 4.09. The average Bonchev–Trinajstić information content (AvgIpc) is 2.63. The molecule has 1 aromatic carbocycles. The predicted octanol–water partition coefficient (Wildman–Crippen LogP) is 2.36. The SMILES string of the molecule is CC(=O)c1ccc(Sc2cnn(C)c2)cc1N. The van der Waals surface area contributed by atoms with Gasteiger partial charge in [0.2, 0.25) is 0 Å². The standard InChI is InChI=1S/C12H13N3OS/c1-8(16)11-4-3-9(5-12(11)13)17-10-6-14-15(2)7-10/h3-7H,13H2,1-2H3. The van der Waals surface area contributed by atoms with Crippen molar-refractivity contribution in [3.63, 3.8) is 0 Å². The molecule has 0 bridgehead atoms. The van der Waals surface area contributed by atoms with E-state index >= 15 is 0 Å². The van der Waals surface area contributed by atoms with Crippen molar-refractivity contribution in [2.45, 2.75) is 16.7 Å². The number of Topliss-reactive ketones (excluding diaryl/α,β-unsaturated/α-hetero) is 1. The van der Waals surface area contributed by atoms with Crippen molar-refractivity contribution in [2.24, 2.45) is 7.05 Å². The topological polar surface area (TPSA) is 60.9 Å². The summed E-state index contributed by atoms with van der Waals surface area (Å²) in [7, 11) is 1.87. The summed E-state index contributed by atoms with van der Waals surface area (Å²) in [5.41, 5.74) is 6.92. The average molecular weight is 247 g/mol. The molecular weight excluding hydrogens is 234 g/mol. The van der Waals surface area contributed by atoms with E-state index in [0.717, 1.165) is 9.79 Å². The third kappa shape index (κ3) is 2.68. The van der Waals surface area contributed by atoms with Gasteiger partial charge in [-0.15, -0.1) is 0 Å². The van der Waals surface area contributed by atoms with Gasteiger partial charge in [-0.3, -0.25) is 9.48 Å². The van der Waals surface area contributed by atoms with Crippen molar-refractivity contribution in [1.82, 2.24) is 9.78 Å². The van der Waals surface area contributed by atoms with Gasteiger partial charge in [0.05, 0.1) is 11.1 Å².